The van der Waals surface area contributed by atoms with Crippen LogP contribution in [0.25, 0.3) is 22.4 Å². The third-order valence-corrected chi connectivity index (χ3v) is 4.24. The van der Waals surface area contributed by atoms with Crippen molar-refractivity contribution in [2.45, 2.75) is 25.9 Å². The largest absolute Gasteiger partial charge is 0.323 e. The van der Waals surface area contributed by atoms with Crippen LogP contribution in [0.1, 0.15) is 18.1 Å². The fraction of sp³-hybridized carbons (Fsp3) is 0.267. The van der Waals surface area contributed by atoms with Crippen molar-refractivity contribution >= 4 is 11.0 Å². The first-order valence-electron chi connectivity index (χ1n) is 7.54. The van der Waals surface area contributed by atoms with E-state index in [4.69, 9.17) is 4.63 Å². The van der Waals surface area contributed by atoms with Crippen LogP contribution < -0.4 is 0 Å². The van der Waals surface area contributed by atoms with E-state index >= 15 is 0 Å². The van der Waals surface area contributed by atoms with E-state index in [2.05, 4.69) is 34.6 Å². The van der Waals surface area contributed by atoms with Crippen LogP contribution >= 0.6 is 0 Å². The number of nitrogens with zero attached hydrogens (tertiary/aromatic N) is 7. The Morgan fingerprint density at radius 2 is 2.17 bits per heavy atom. The van der Waals surface area contributed by atoms with Crippen LogP contribution in [-0.4, -0.2) is 34.6 Å². The van der Waals surface area contributed by atoms with Crippen LogP contribution in [0.2, 0.25) is 0 Å². The van der Waals surface area contributed by atoms with Crippen molar-refractivity contribution in [2.24, 2.45) is 0 Å². The van der Waals surface area contributed by atoms with Gasteiger partial charge in [-0.3, -0.25) is 0 Å². The molecule has 8 nitrogen and oxygen atoms in total. The molecule has 1 aliphatic heterocycles. The van der Waals surface area contributed by atoms with E-state index in [1.807, 2.05) is 24.4 Å². The minimum absolute atomic E-state index is 0.629. The molecule has 1 aliphatic rings. The van der Waals surface area contributed by atoms with Crippen LogP contribution in [0.3, 0.4) is 0 Å². The Bertz CT molecular complexity index is 996. The van der Waals surface area contributed by atoms with Crippen molar-refractivity contribution in [3.63, 3.8) is 0 Å². The highest BCUT2D eigenvalue weighted by Gasteiger charge is 2.19. The highest BCUT2D eigenvalue weighted by molar-refractivity contribution is 5.88. The van der Waals surface area contributed by atoms with Gasteiger partial charge in [-0.2, -0.15) is 0 Å². The lowest BCUT2D eigenvalue weighted by Crippen LogP contribution is -2.08. The zero-order valence-electron chi connectivity index (χ0n) is 12.3. The highest BCUT2D eigenvalue weighted by Crippen LogP contribution is 2.26. The van der Waals surface area contributed by atoms with E-state index in [1.165, 1.54) is 0 Å². The number of hydrogen-bond acceptors (Lipinski definition) is 6. The number of benzene rings is 1. The van der Waals surface area contributed by atoms with Gasteiger partial charge in [0, 0.05) is 30.9 Å². The standard InChI is InChI=1S/C15H13N7O/c1-3-10(14-11(4-1)19-23-20-14)15-16-6-8-21(15)9-13-18-17-12-5-2-7-22(12)13/h1,3-4,6,8H,2,5,7,9H2. The van der Waals surface area contributed by atoms with Gasteiger partial charge in [0.15, 0.2) is 5.82 Å². The molecule has 1 aromatic carbocycles. The minimum Gasteiger partial charge on any atom is -0.323 e. The first-order valence-corrected chi connectivity index (χ1v) is 7.54. The Morgan fingerprint density at radius 1 is 1.17 bits per heavy atom. The Morgan fingerprint density at radius 3 is 3.17 bits per heavy atom. The van der Waals surface area contributed by atoms with Crippen LogP contribution in [-0.2, 0) is 19.5 Å². The molecular weight excluding hydrogens is 294 g/mol. The van der Waals surface area contributed by atoms with E-state index in [1.54, 1.807) is 6.20 Å². The van der Waals surface area contributed by atoms with Crippen molar-refractivity contribution < 1.29 is 4.63 Å². The molecule has 114 valence electrons. The Kier molecular flexibility index (Phi) is 2.57. The molecule has 8 heteroatoms. The van der Waals surface area contributed by atoms with Gasteiger partial charge in [-0.05, 0) is 28.9 Å². The third-order valence-electron chi connectivity index (χ3n) is 4.24. The van der Waals surface area contributed by atoms with Crippen LogP contribution in [0, 0.1) is 0 Å². The highest BCUT2D eigenvalue weighted by atomic mass is 16.6. The molecular formula is C15H13N7O. The van der Waals surface area contributed by atoms with Gasteiger partial charge in [-0.1, -0.05) is 6.07 Å². The van der Waals surface area contributed by atoms with Gasteiger partial charge >= 0.3 is 0 Å². The van der Waals surface area contributed by atoms with Gasteiger partial charge < -0.3 is 9.13 Å². The summed E-state index contributed by atoms with van der Waals surface area (Å²) in [6, 6.07) is 5.77. The van der Waals surface area contributed by atoms with Gasteiger partial charge in [-0.25, -0.2) is 9.61 Å². The van der Waals surface area contributed by atoms with Gasteiger partial charge in [0.2, 0.25) is 0 Å². The lowest BCUT2D eigenvalue weighted by molar-refractivity contribution is 0.315. The van der Waals surface area contributed by atoms with Gasteiger partial charge in [-0.15, -0.1) is 10.2 Å². The maximum absolute atomic E-state index is 4.85. The molecule has 0 fully saturated rings. The van der Waals surface area contributed by atoms with Gasteiger partial charge in [0.25, 0.3) is 0 Å². The summed E-state index contributed by atoms with van der Waals surface area (Å²) >= 11 is 0. The summed E-state index contributed by atoms with van der Waals surface area (Å²) in [6.45, 7) is 1.62. The molecule has 3 aromatic heterocycles. The van der Waals surface area contributed by atoms with Crippen molar-refractivity contribution in [3.8, 4) is 11.4 Å². The summed E-state index contributed by atoms with van der Waals surface area (Å²) in [7, 11) is 0. The SMILES string of the molecule is c1cc(-c2nccn2Cc2nnc3n2CCC3)c2nonc2c1. The molecule has 0 amide bonds. The smallest absolute Gasteiger partial charge is 0.153 e. The Hall–Kier alpha value is -3.03. The van der Waals surface area contributed by atoms with E-state index in [0.29, 0.717) is 12.1 Å². The second-order valence-corrected chi connectivity index (χ2v) is 5.60. The predicted molar refractivity (Wildman–Crippen MR) is 80.5 cm³/mol. The molecule has 0 aliphatic carbocycles. The zero-order chi connectivity index (χ0) is 15.2. The number of aryl methyl sites for hydroxylation is 1. The fourth-order valence-electron chi connectivity index (χ4n) is 3.15. The Balaban J connectivity index is 1.59. The monoisotopic (exact) mass is 307 g/mol. The molecule has 0 saturated carbocycles. The molecule has 0 N–H and O–H groups in total. The van der Waals surface area contributed by atoms with Crippen molar-refractivity contribution in [2.75, 3.05) is 0 Å². The second-order valence-electron chi connectivity index (χ2n) is 5.60. The molecule has 0 bridgehead atoms. The normalized spacial score (nSPS) is 13.7. The van der Waals surface area contributed by atoms with Crippen LogP contribution in [0.15, 0.2) is 35.2 Å². The van der Waals surface area contributed by atoms with Crippen molar-refractivity contribution in [1.29, 1.82) is 0 Å². The predicted octanol–water partition coefficient (Wildman–Crippen LogP) is 1.67. The average molecular weight is 307 g/mol. The molecule has 0 spiro atoms. The van der Waals surface area contributed by atoms with E-state index in [9.17, 15) is 0 Å². The molecule has 4 aromatic rings. The lowest BCUT2D eigenvalue weighted by atomic mass is 10.1. The Labute approximate surface area is 130 Å². The van der Waals surface area contributed by atoms with E-state index in [0.717, 1.165) is 47.9 Å². The van der Waals surface area contributed by atoms with Gasteiger partial charge in [0.05, 0.1) is 6.54 Å². The molecule has 0 unspecified atom stereocenters. The van der Waals surface area contributed by atoms with Crippen molar-refractivity contribution in [1.82, 2.24) is 34.6 Å². The average Bonchev–Trinajstić information content (AvgIpc) is 3.33. The number of fused-ring (bicyclic) bond motifs is 2. The quantitative estimate of drug-likeness (QED) is 0.572. The molecule has 0 atom stereocenters. The fourth-order valence-corrected chi connectivity index (χ4v) is 3.15. The second kappa shape index (κ2) is 4.73. The maximum Gasteiger partial charge on any atom is 0.153 e. The molecule has 0 saturated heterocycles. The topological polar surface area (TPSA) is 87.5 Å². The van der Waals surface area contributed by atoms with Crippen molar-refractivity contribution in [3.05, 3.63) is 42.2 Å². The van der Waals surface area contributed by atoms with Crippen LogP contribution in [0.5, 0.6) is 0 Å². The summed E-state index contributed by atoms with van der Waals surface area (Å²) in [5, 5.41) is 16.5. The molecule has 4 heterocycles. The number of aromatic nitrogens is 7. The minimum atomic E-state index is 0.629. The summed E-state index contributed by atoms with van der Waals surface area (Å²) in [4.78, 5) is 4.49. The third kappa shape index (κ3) is 1.88. The summed E-state index contributed by atoms with van der Waals surface area (Å²) in [5.41, 5.74) is 2.33. The van der Waals surface area contributed by atoms with E-state index < -0.39 is 0 Å². The summed E-state index contributed by atoms with van der Waals surface area (Å²) in [5.74, 6) is 2.85. The van der Waals surface area contributed by atoms with Gasteiger partial charge in [0.1, 0.15) is 22.7 Å². The van der Waals surface area contributed by atoms with E-state index in [-0.39, 0.29) is 0 Å². The summed E-state index contributed by atoms with van der Waals surface area (Å²) in [6.07, 6.45) is 5.87. The zero-order valence-corrected chi connectivity index (χ0v) is 12.3. The van der Waals surface area contributed by atoms with Crippen LogP contribution in [0.4, 0.5) is 0 Å². The summed E-state index contributed by atoms with van der Waals surface area (Å²) < 4.78 is 9.10. The molecule has 5 rings (SSSR count). The lowest BCUT2D eigenvalue weighted by Gasteiger charge is -2.08. The number of hydrogen-bond donors (Lipinski definition) is 0. The first kappa shape index (κ1) is 12.5. The molecule has 0 radical (unpaired) electrons. The first-order chi connectivity index (χ1) is 11.4. The number of rotatable bonds is 3. The number of imidazole rings is 1. The molecule has 23 heavy (non-hydrogen) atoms. The maximum atomic E-state index is 4.85.